The first kappa shape index (κ1) is 9.43. The fraction of sp³-hybridized carbons (Fsp3) is 0.125. The maximum absolute atomic E-state index is 5.93. The third-order valence-electron chi connectivity index (χ3n) is 1.66. The Morgan fingerprint density at radius 3 is 2.86 bits per heavy atom. The molecule has 0 saturated carbocycles. The molecule has 0 aromatic carbocycles. The van der Waals surface area contributed by atoms with Gasteiger partial charge in [0.1, 0.15) is 17.8 Å². The minimum Gasteiger partial charge on any atom is -0.247 e. The first-order chi connectivity index (χ1) is 6.75. The smallest absolute Gasteiger partial charge is 0.137 e. The van der Waals surface area contributed by atoms with Gasteiger partial charge in [0.2, 0.25) is 0 Å². The van der Waals surface area contributed by atoms with Crippen LogP contribution in [0.1, 0.15) is 5.69 Å². The fourth-order valence-electron chi connectivity index (χ4n) is 1.04. The lowest BCUT2D eigenvalue weighted by atomic mass is 10.3. The van der Waals surface area contributed by atoms with Crippen LogP contribution in [0.25, 0.3) is 0 Å². The zero-order valence-electron chi connectivity index (χ0n) is 7.06. The van der Waals surface area contributed by atoms with Gasteiger partial charge in [0.25, 0.3) is 0 Å². The molecule has 2 rings (SSSR count). The van der Waals surface area contributed by atoms with Crippen LogP contribution in [-0.2, 0) is 6.54 Å². The maximum atomic E-state index is 5.93. The molecule has 0 aliphatic carbocycles. The monoisotopic (exact) mass is 228 g/mol. The van der Waals surface area contributed by atoms with E-state index in [0.29, 0.717) is 22.4 Å². The van der Waals surface area contributed by atoms with Crippen molar-refractivity contribution in [2.45, 2.75) is 6.54 Å². The molecular formula is C8H6Cl2N4. The number of pyridine rings is 1. The van der Waals surface area contributed by atoms with E-state index in [4.69, 9.17) is 23.2 Å². The molecule has 4 nitrogen and oxygen atoms in total. The van der Waals surface area contributed by atoms with Crippen LogP contribution < -0.4 is 0 Å². The summed E-state index contributed by atoms with van der Waals surface area (Å²) in [6, 6.07) is 3.36. The Morgan fingerprint density at radius 1 is 1.29 bits per heavy atom. The third kappa shape index (κ3) is 2.02. The highest BCUT2D eigenvalue weighted by atomic mass is 35.5. The van der Waals surface area contributed by atoms with Gasteiger partial charge < -0.3 is 0 Å². The van der Waals surface area contributed by atoms with E-state index in [1.165, 1.54) is 6.33 Å². The Labute approximate surface area is 90.5 Å². The molecule has 0 aliphatic rings. The predicted octanol–water partition coefficient (Wildman–Crippen LogP) is 2.03. The van der Waals surface area contributed by atoms with Gasteiger partial charge in [0.05, 0.1) is 17.3 Å². The van der Waals surface area contributed by atoms with Crippen molar-refractivity contribution < 1.29 is 0 Å². The molecule has 72 valence electrons. The molecule has 2 aromatic rings. The highest BCUT2D eigenvalue weighted by molar-refractivity contribution is 6.32. The van der Waals surface area contributed by atoms with Gasteiger partial charge in [-0.3, -0.25) is 0 Å². The summed E-state index contributed by atoms with van der Waals surface area (Å²) in [6.07, 6.45) is 3.05. The first-order valence-corrected chi connectivity index (χ1v) is 4.64. The zero-order valence-corrected chi connectivity index (χ0v) is 8.57. The molecule has 0 amide bonds. The molecule has 0 bridgehead atoms. The lowest BCUT2D eigenvalue weighted by molar-refractivity contribution is 0.671. The van der Waals surface area contributed by atoms with Gasteiger partial charge in [0.15, 0.2) is 0 Å². The normalized spacial score (nSPS) is 10.4. The average molecular weight is 229 g/mol. The zero-order chi connectivity index (χ0) is 9.97. The molecule has 0 aliphatic heterocycles. The van der Waals surface area contributed by atoms with Crippen molar-refractivity contribution in [2.24, 2.45) is 0 Å². The predicted molar refractivity (Wildman–Crippen MR) is 53.4 cm³/mol. The maximum Gasteiger partial charge on any atom is 0.137 e. The van der Waals surface area contributed by atoms with Gasteiger partial charge in [-0.05, 0) is 12.1 Å². The van der Waals surface area contributed by atoms with E-state index in [1.807, 2.05) is 0 Å². The molecule has 0 atom stereocenters. The van der Waals surface area contributed by atoms with Crippen molar-refractivity contribution in [3.8, 4) is 0 Å². The Kier molecular flexibility index (Phi) is 2.65. The largest absolute Gasteiger partial charge is 0.247 e. The van der Waals surface area contributed by atoms with Crippen LogP contribution in [0.15, 0.2) is 24.8 Å². The summed E-state index contributed by atoms with van der Waals surface area (Å²) >= 11 is 11.7. The summed E-state index contributed by atoms with van der Waals surface area (Å²) < 4.78 is 1.63. The summed E-state index contributed by atoms with van der Waals surface area (Å²) in [6.45, 7) is 0.472. The second-order valence-corrected chi connectivity index (χ2v) is 3.45. The van der Waals surface area contributed by atoms with Gasteiger partial charge >= 0.3 is 0 Å². The first-order valence-electron chi connectivity index (χ1n) is 3.89. The lowest BCUT2D eigenvalue weighted by Crippen LogP contribution is -2.02. The molecule has 6 heteroatoms. The number of hydrogen-bond acceptors (Lipinski definition) is 3. The van der Waals surface area contributed by atoms with Gasteiger partial charge in [-0.15, -0.1) is 0 Å². The SMILES string of the molecule is Clc1ccc(Cl)c(Cn2cncn2)n1. The molecule has 0 fully saturated rings. The van der Waals surface area contributed by atoms with Gasteiger partial charge in [-0.2, -0.15) is 5.10 Å². The molecule has 2 aromatic heterocycles. The van der Waals surface area contributed by atoms with Crippen LogP contribution in [0.5, 0.6) is 0 Å². The molecule has 0 saturated heterocycles. The highest BCUT2D eigenvalue weighted by Gasteiger charge is 2.04. The molecule has 0 spiro atoms. The third-order valence-corrected chi connectivity index (χ3v) is 2.22. The summed E-state index contributed by atoms with van der Waals surface area (Å²) in [4.78, 5) is 7.91. The second-order valence-electron chi connectivity index (χ2n) is 2.66. The standard InChI is InChI=1S/C8H6Cl2N4/c9-6-1-2-8(10)13-7(6)3-14-5-11-4-12-14/h1-2,4-5H,3H2. The Morgan fingerprint density at radius 2 is 2.14 bits per heavy atom. The summed E-state index contributed by atoms with van der Waals surface area (Å²) in [5.41, 5.74) is 0.685. The van der Waals surface area contributed by atoms with E-state index in [1.54, 1.807) is 23.1 Å². The number of nitrogens with zero attached hydrogens (tertiary/aromatic N) is 4. The fourth-order valence-corrected chi connectivity index (χ4v) is 1.37. The van der Waals surface area contributed by atoms with E-state index in [2.05, 4.69) is 15.1 Å². The topological polar surface area (TPSA) is 43.6 Å². The van der Waals surface area contributed by atoms with Gasteiger partial charge in [0, 0.05) is 0 Å². The second kappa shape index (κ2) is 3.94. The number of rotatable bonds is 2. The van der Waals surface area contributed by atoms with Gasteiger partial charge in [-0.25, -0.2) is 14.6 Å². The van der Waals surface area contributed by atoms with E-state index in [0.717, 1.165) is 0 Å². The van der Waals surface area contributed by atoms with Gasteiger partial charge in [-0.1, -0.05) is 23.2 Å². The van der Waals surface area contributed by atoms with Crippen LogP contribution in [0.4, 0.5) is 0 Å². The molecule has 14 heavy (non-hydrogen) atoms. The van der Waals surface area contributed by atoms with E-state index >= 15 is 0 Å². The van der Waals surface area contributed by atoms with Crippen molar-refractivity contribution >= 4 is 23.2 Å². The van der Waals surface area contributed by atoms with E-state index in [-0.39, 0.29) is 0 Å². The van der Waals surface area contributed by atoms with Crippen molar-refractivity contribution in [3.63, 3.8) is 0 Å². The van der Waals surface area contributed by atoms with Crippen molar-refractivity contribution in [3.05, 3.63) is 40.7 Å². The quantitative estimate of drug-likeness (QED) is 0.740. The van der Waals surface area contributed by atoms with Crippen molar-refractivity contribution in [1.82, 2.24) is 19.7 Å². The molecule has 0 unspecified atom stereocenters. The molecular weight excluding hydrogens is 223 g/mol. The lowest BCUT2D eigenvalue weighted by Gasteiger charge is -2.02. The van der Waals surface area contributed by atoms with Crippen LogP contribution in [0.2, 0.25) is 10.2 Å². The molecule has 0 N–H and O–H groups in total. The van der Waals surface area contributed by atoms with Crippen LogP contribution in [-0.4, -0.2) is 19.7 Å². The highest BCUT2D eigenvalue weighted by Crippen LogP contribution is 2.17. The molecule has 2 heterocycles. The van der Waals surface area contributed by atoms with Crippen LogP contribution in [0, 0.1) is 0 Å². The Balaban J connectivity index is 2.28. The van der Waals surface area contributed by atoms with Crippen molar-refractivity contribution in [1.29, 1.82) is 0 Å². The van der Waals surface area contributed by atoms with Crippen LogP contribution >= 0.6 is 23.2 Å². The Hall–Kier alpha value is -1.13. The summed E-state index contributed by atoms with van der Waals surface area (Å²) in [7, 11) is 0. The Bertz CT molecular complexity index is 427. The minimum atomic E-state index is 0.421. The number of aromatic nitrogens is 4. The van der Waals surface area contributed by atoms with E-state index < -0.39 is 0 Å². The van der Waals surface area contributed by atoms with Crippen molar-refractivity contribution in [2.75, 3.05) is 0 Å². The van der Waals surface area contributed by atoms with E-state index in [9.17, 15) is 0 Å². The molecule has 0 radical (unpaired) electrons. The minimum absolute atomic E-state index is 0.421. The number of hydrogen-bond donors (Lipinski definition) is 0. The summed E-state index contributed by atoms with van der Waals surface area (Å²) in [5.74, 6) is 0. The average Bonchev–Trinajstić information content (AvgIpc) is 2.64. The number of halogens is 2. The van der Waals surface area contributed by atoms with Crippen LogP contribution in [0.3, 0.4) is 0 Å². The summed E-state index contributed by atoms with van der Waals surface area (Å²) in [5, 5.41) is 4.94.